The van der Waals surface area contributed by atoms with Gasteiger partial charge in [-0.1, -0.05) is 23.7 Å². The highest BCUT2D eigenvalue weighted by Crippen LogP contribution is 2.28. The van der Waals surface area contributed by atoms with E-state index in [2.05, 4.69) is 9.97 Å². The summed E-state index contributed by atoms with van der Waals surface area (Å²) >= 11 is 5.80. The molecule has 92 valence electrons. The summed E-state index contributed by atoms with van der Waals surface area (Å²) in [5.41, 5.74) is 0.431. The lowest BCUT2D eigenvalue weighted by Crippen LogP contribution is -2.15. The molecule has 0 radical (unpaired) electrons. The van der Waals surface area contributed by atoms with E-state index in [9.17, 15) is 9.18 Å². The van der Waals surface area contributed by atoms with Gasteiger partial charge < -0.3 is 4.90 Å². The molecule has 1 heterocycles. The number of carbonyl (C=O) groups is 1. The molecule has 18 heavy (non-hydrogen) atoms. The van der Waals surface area contributed by atoms with Crippen molar-refractivity contribution in [2.75, 3.05) is 11.9 Å². The summed E-state index contributed by atoms with van der Waals surface area (Å²) in [6.07, 6.45) is 1.77. The standard InChI is InChI=1S/C12H9ClFN3O/c1-17(10-5-3-2-4-9(10)14)12-8(6-18)11(13)15-7-16-12/h2-7H,1H3. The SMILES string of the molecule is CN(c1ccccc1F)c1ncnc(Cl)c1C=O. The van der Waals surface area contributed by atoms with Crippen molar-refractivity contribution in [2.24, 2.45) is 0 Å². The third-order valence-electron chi connectivity index (χ3n) is 2.46. The van der Waals surface area contributed by atoms with Crippen molar-refractivity contribution in [1.82, 2.24) is 9.97 Å². The van der Waals surface area contributed by atoms with E-state index >= 15 is 0 Å². The van der Waals surface area contributed by atoms with E-state index in [0.717, 1.165) is 0 Å². The molecule has 0 amide bonds. The number of aromatic nitrogens is 2. The zero-order valence-corrected chi connectivity index (χ0v) is 10.2. The third-order valence-corrected chi connectivity index (χ3v) is 2.76. The minimum atomic E-state index is -0.411. The first-order valence-corrected chi connectivity index (χ1v) is 5.47. The van der Waals surface area contributed by atoms with E-state index in [0.29, 0.717) is 12.0 Å². The number of halogens is 2. The van der Waals surface area contributed by atoms with Crippen LogP contribution in [0.4, 0.5) is 15.9 Å². The Balaban J connectivity index is 2.53. The molecule has 0 saturated carbocycles. The highest BCUT2D eigenvalue weighted by molar-refractivity contribution is 6.32. The summed E-state index contributed by atoms with van der Waals surface area (Å²) in [7, 11) is 1.60. The molecule has 0 fully saturated rings. The number of rotatable bonds is 3. The van der Waals surface area contributed by atoms with Gasteiger partial charge in [0.2, 0.25) is 0 Å². The van der Waals surface area contributed by atoms with Gasteiger partial charge in [0.05, 0.1) is 11.3 Å². The molecule has 6 heteroatoms. The Morgan fingerprint density at radius 1 is 1.33 bits per heavy atom. The normalized spacial score (nSPS) is 10.2. The van der Waals surface area contributed by atoms with Crippen LogP contribution in [-0.2, 0) is 0 Å². The Hall–Kier alpha value is -2.01. The fourth-order valence-electron chi connectivity index (χ4n) is 1.57. The Morgan fingerprint density at radius 3 is 2.72 bits per heavy atom. The van der Waals surface area contributed by atoms with Crippen molar-refractivity contribution in [1.29, 1.82) is 0 Å². The Labute approximate surface area is 108 Å². The largest absolute Gasteiger partial charge is 0.326 e. The monoisotopic (exact) mass is 265 g/mol. The van der Waals surface area contributed by atoms with Gasteiger partial charge in [-0.3, -0.25) is 4.79 Å². The van der Waals surface area contributed by atoms with Gasteiger partial charge in [-0.05, 0) is 12.1 Å². The lowest BCUT2D eigenvalue weighted by atomic mass is 10.2. The summed E-state index contributed by atoms with van der Waals surface area (Å²) in [4.78, 5) is 20.1. The molecule has 1 aromatic heterocycles. The van der Waals surface area contributed by atoms with Crippen molar-refractivity contribution in [3.63, 3.8) is 0 Å². The molecule has 0 aliphatic carbocycles. The molecule has 0 bridgehead atoms. The maximum absolute atomic E-state index is 13.7. The van der Waals surface area contributed by atoms with E-state index < -0.39 is 5.82 Å². The summed E-state index contributed by atoms with van der Waals surface area (Å²) in [6, 6.07) is 6.19. The second-order valence-corrected chi connectivity index (χ2v) is 3.89. The first kappa shape index (κ1) is 12.4. The van der Waals surface area contributed by atoms with Crippen molar-refractivity contribution in [2.45, 2.75) is 0 Å². The number of hydrogen-bond donors (Lipinski definition) is 0. The number of nitrogens with zero attached hydrogens (tertiary/aromatic N) is 3. The molecule has 2 aromatic rings. The smallest absolute Gasteiger partial charge is 0.156 e. The van der Waals surface area contributed by atoms with Crippen molar-refractivity contribution in [3.05, 3.63) is 47.1 Å². The highest BCUT2D eigenvalue weighted by Gasteiger charge is 2.16. The van der Waals surface area contributed by atoms with Gasteiger partial charge in [0, 0.05) is 7.05 Å². The van der Waals surface area contributed by atoms with Gasteiger partial charge in [0.1, 0.15) is 23.1 Å². The van der Waals surface area contributed by atoms with Gasteiger partial charge in [-0.15, -0.1) is 0 Å². The van der Waals surface area contributed by atoms with E-state index in [1.807, 2.05) is 0 Å². The van der Waals surface area contributed by atoms with Crippen LogP contribution in [0.2, 0.25) is 5.15 Å². The van der Waals surface area contributed by atoms with Crippen LogP contribution in [0.3, 0.4) is 0 Å². The fraction of sp³-hybridized carbons (Fsp3) is 0.0833. The molecule has 2 rings (SSSR count). The maximum atomic E-state index is 13.7. The van der Waals surface area contributed by atoms with Gasteiger partial charge in [-0.2, -0.15) is 0 Å². The molecule has 0 aliphatic heterocycles. The minimum absolute atomic E-state index is 0.0400. The molecule has 0 aliphatic rings. The van der Waals surface area contributed by atoms with E-state index in [1.54, 1.807) is 25.2 Å². The van der Waals surface area contributed by atoms with Crippen LogP contribution < -0.4 is 4.90 Å². The average molecular weight is 266 g/mol. The average Bonchev–Trinajstić information content (AvgIpc) is 2.38. The van der Waals surface area contributed by atoms with Gasteiger partial charge in [-0.25, -0.2) is 14.4 Å². The molecular weight excluding hydrogens is 257 g/mol. The summed E-state index contributed by atoms with van der Waals surface area (Å²) in [6.45, 7) is 0. The zero-order chi connectivity index (χ0) is 13.1. The molecule has 0 saturated heterocycles. The number of aldehydes is 1. The van der Waals surface area contributed by atoms with Crippen LogP contribution in [0.1, 0.15) is 10.4 Å². The third kappa shape index (κ3) is 2.17. The predicted octanol–water partition coefficient (Wildman–Crippen LogP) is 2.85. The van der Waals surface area contributed by atoms with Gasteiger partial charge >= 0.3 is 0 Å². The number of benzene rings is 1. The fourth-order valence-corrected chi connectivity index (χ4v) is 1.74. The molecule has 0 unspecified atom stereocenters. The zero-order valence-electron chi connectivity index (χ0n) is 9.47. The number of carbonyl (C=O) groups excluding carboxylic acids is 1. The Kier molecular flexibility index (Phi) is 3.53. The van der Waals surface area contributed by atoms with E-state index in [-0.39, 0.29) is 16.5 Å². The molecule has 0 spiro atoms. The number of anilines is 2. The molecule has 0 atom stereocenters. The highest BCUT2D eigenvalue weighted by atomic mass is 35.5. The second-order valence-electron chi connectivity index (χ2n) is 3.53. The lowest BCUT2D eigenvalue weighted by Gasteiger charge is -2.20. The Morgan fingerprint density at radius 2 is 2.06 bits per heavy atom. The number of para-hydroxylation sites is 1. The van der Waals surface area contributed by atoms with E-state index in [4.69, 9.17) is 11.6 Å². The topological polar surface area (TPSA) is 46.1 Å². The van der Waals surface area contributed by atoms with Crippen LogP contribution in [0.15, 0.2) is 30.6 Å². The van der Waals surface area contributed by atoms with Crippen molar-refractivity contribution >= 4 is 29.4 Å². The molecule has 4 nitrogen and oxygen atoms in total. The molecule has 1 aromatic carbocycles. The Bertz CT molecular complexity index is 591. The van der Waals surface area contributed by atoms with Crippen LogP contribution in [-0.4, -0.2) is 23.3 Å². The van der Waals surface area contributed by atoms with Crippen LogP contribution >= 0.6 is 11.6 Å². The van der Waals surface area contributed by atoms with Crippen molar-refractivity contribution < 1.29 is 9.18 Å². The first-order chi connectivity index (χ1) is 8.65. The predicted molar refractivity (Wildman–Crippen MR) is 66.9 cm³/mol. The quantitative estimate of drug-likeness (QED) is 0.632. The van der Waals surface area contributed by atoms with Gasteiger partial charge in [0.15, 0.2) is 6.29 Å². The summed E-state index contributed by atoms with van der Waals surface area (Å²) < 4.78 is 13.7. The summed E-state index contributed by atoms with van der Waals surface area (Å²) in [5, 5.41) is 0.0400. The second kappa shape index (κ2) is 5.10. The molecule has 0 N–H and O–H groups in total. The summed E-state index contributed by atoms with van der Waals surface area (Å²) in [5.74, 6) is -0.151. The molecular formula is C12H9ClFN3O. The van der Waals surface area contributed by atoms with Crippen molar-refractivity contribution in [3.8, 4) is 0 Å². The van der Waals surface area contributed by atoms with Crippen LogP contribution in [0.25, 0.3) is 0 Å². The van der Waals surface area contributed by atoms with Gasteiger partial charge in [0.25, 0.3) is 0 Å². The van der Waals surface area contributed by atoms with Crippen LogP contribution in [0, 0.1) is 5.82 Å². The minimum Gasteiger partial charge on any atom is -0.326 e. The number of hydrogen-bond acceptors (Lipinski definition) is 4. The maximum Gasteiger partial charge on any atom is 0.156 e. The van der Waals surface area contributed by atoms with E-state index in [1.165, 1.54) is 17.3 Å². The lowest BCUT2D eigenvalue weighted by molar-refractivity contribution is 0.112. The van der Waals surface area contributed by atoms with Crippen LogP contribution in [0.5, 0.6) is 0 Å². The first-order valence-electron chi connectivity index (χ1n) is 5.09.